The van der Waals surface area contributed by atoms with Crippen LogP contribution in [0.5, 0.6) is 11.5 Å². The monoisotopic (exact) mass is 276 g/mol. The van der Waals surface area contributed by atoms with Crippen molar-refractivity contribution in [3.63, 3.8) is 0 Å². The van der Waals surface area contributed by atoms with Crippen LogP contribution in [0, 0.1) is 6.92 Å². The van der Waals surface area contributed by atoms with Crippen LogP contribution in [0.25, 0.3) is 11.0 Å². The maximum Gasteiger partial charge on any atom is 0.308 e. The van der Waals surface area contributed by atoms with Crippen molar-refractivity contribution in [1.29, 1.82) is 0 Å². The Kier molecular flexibility index (Phi) is 3.56. The van der Waals surface area contributed by atoms with E-state index < -0.39 is 11.9 Å². The molecule has 1 aromatic heterocycles. The summed E-state index contributed by atoms with van der Waals surface area (Å²) in [4.78, 5) is 34.1. The maximum absolute atomic E-state index is 11.9. The molecule has 6 nitrogen and oxygen atoms in total. The summed E-state index contributed by atoms with van der Waals surface area (Å²) in [5.41, 5.74) is -0.199. The van der Waals surface area contributed by atoms with E-state index in [2.05, 4.69) is 0 Å². The van der Waals surface area contributed by atoms with Crippen LogP contribution >= 0.6 is 0 Å². The van der Waals surface area contributed by atoms with Gasteiger partial charge in [0.1, 0.15) is 5.76 Å². The molecule has 1 heterocycles. The number of fused-ring (bicyclic) bond motifs is 1. The SMILES string of the molecule is CC(=O)Oc1ccc2c(=O)cc(C)oc2c1OC(C)=O. The Morgan fingerprint density at radius 3 is 2.35 bits per heavy atom. The van der Waals surface area contributed by atoms with Gasteiger partial charge in [-0.3, -0.25) is 14.4 Å². The molecule has 20 heavy (non-hydrogen) atoms. The van der Waals surface area contributed by atoms with Crippen LogP contribution in [0.1, 0.15) is 19.6 Å². The fourth-order valence-electron chi connectivity index (χ4n) is 1.77. The second-order valence-electron chi connectivity index (χ2n) is 4.18. The maximum atomic E-state index is 11.9. The first-order chi connectivity index (χ1) is 9.38. The first-order valence-electron chi connectivity index (χ1n) is 5.83. The van der Waals surface area contributed by atoms with Crippen LogP contribution in [-0.2, 0) is 9.59 Å². The van der Waals surface area contributed by atoms with Crippen LogP contribution in [0.3, 0.4) is 0 Å². The quantitative estimate of drug-likeness (QED) is 0.616. The van der Waals surface area contributed by atoms with Gasteiger partial charge in [-0.25, -0.2) is 0 Å². The third kappa shape index (κ3) is 2.69. The lowest BCUT2D eigenvalue weighted by atomic mass is 10.2. The molecule has 0 aliphatic carbocycles. The van der Waals surface area contributed by atoms with Gasteiger partial charge < -0.3 is 13.9 Å². The summed E-state index contributed by atoms with van der Waals surface area (Å²) in [5.74, 6) is -0.890. The first-order valence-corrected chi connectivity index (χ1v) is 5.83. The Hall–Kier alpha value is -2.63. The highest BCUT2D eigenvalue weighted by Crippen LogP contribution is 2.35. The van der Waals surface area contributed by atoms with Crippen LogP contribution in [0.15, 0.2) is 27.4 Å². The highest BCUT2D eigenvalue weighted by atomic mass is 16.6. The smallest absolute Gasteiger partial charge is 0.308 e. The highest BCUT2D eigenvalue weighted by molar-refractivity contribution is 5.89. The molecule has 0 aliphatic heterocycles. The van der Waals surface area contributed by atoms with E-state index in [4.69, 9.17) is 13.9 Å². The van der Waals surface area contributed by atoms with E-state index in [1.807, 2.05) is 0 Å². The molecule has 104 valence electrons. The van der Waals surface area contributed by atoms with Gasteiger partial charge in [0.25, 0.3) is 0 Å². The normalized spacial score (nSPS) is 10.3. The largest absolute Gasteiger partial charge is 0.457 e. The Bertz CT molecular complexity index is 756. The minimum Gasteiger partial charge on any atom is -0.457 e. The topological polar surface area (TPSA) is 82.8 Å². The Morgan fingerprint density at radius 2 is 1.75 bits per heavy atom. The van der Waals surface area contributed by atoms with Gasteiger partial charge in [0, 0.05) is 19.9 Å². The van der Waals surface area contributed by atoms with Crippen LogP contribution in [-0.4, -0.2) is 11.9 Å². The number of hydrogen-bond acceptors (Lipinski definition) is 6. The first kappa shape index (κ1) is 13.8. The summed E-state index contributed by atoms with van der Waals surface area (Å²) in [6, 6.07) is 4.16. The zero-order valence-corrected chi connectivity index (χ0v) is 11.2. The number of carbonyl (C=O) groups excluding carboxylic acids is 2. The standard InChI is InChI=1S/C14H12O6/c1-7-6-11(17)10-4-5-12(19-8(2)15)14(13(10)18-7)20-9(3)16/h4-6H,1-3H3. The highest BCUT2D eigenvalue weighted by Gasteiger charge is 2.18. The average Bonchev–Trinajstić information content (AvgIpc) is 2.31. The van der Waals surface area contributed by atoms with Crippen molar-refractivity contribution in [2.45, 2.75) is 20.8 Å². The van der Waals surface area contributed by atoms with Crippen LogP contribution in [0.4, 0.5) is 0 Å². The van der Waals surface area contributed by atoms with Crippen LogP contribution < -0.4 is 14.9 Å². The zero-order valence-electron chi connectivity index (χ0n) is 11.2. The number of rotatable bonds is 2. The molecule has 2 rings (SSSR count). The molecule has 1 aromatic carbocycles. The summed E-state index contributed by atoms with van der Waals surface area (Å²) in [6.45, 7) is 4.01. The lowest BCUT2D eigenvalue weighted by Gasteiger charge is -2.10. The number of esters is 2. The lowest BCUT2D eigenvalue weighted by Crippen LogP contribution is -2.09. The van der Waals surface area contributed by atoms with Gasteiger partial charge in [0.15, 0.2) is 16.8 Å². The molecule has 2 aromatic rings. The molecule has 0 saturated heterocycles. The van der Waals surface area contributed by atoms with Gasteiger partial charge in [0.05, 0.1) is 5.39 Å². The lowest BCUT2D eigenvalue weighted by molar-refractivity contribution is -0.134. The Balaban J connectivity index is 2.78. The van der Waals surface area contributed by atoms with Crippen molar-refractivity contribution >= 4 is 22.9 Å². The number of aryl methyl sites for hydroxylation is 1. The van der Waals surface area contributed by atoms with E-state index in [0.717, 1.165) is 0 Å². The minimum absolute atomic E-state index is 0.0222. The van der Waals surface area contributed by atoms with Crippen molar-refractivity contribution < 1.29 is 23.5 Å². The molecule has 0 unspecified atom stereocenters. The van der Waals surface area contributed by atoms with Crippen LogP contribution in [0.2, 0.25) is 0 Å². The van der Waals surface area contributed by atoms with Gasteiger partial charge in [-0.15, -0.1) is 0 Å². The zero-order chi connectivity index (χ0) is 14.9. The van der Waals surface area contributed by atoms with Crippen molar-refractivity contribution in [2.24, 2.45) is 0 Å². The van der Waals surface area contributed by atoms with Gasteiger partial charge in [-0.1, -0.05) is 0 Å². The summed E-state index contributed by atoms with van der Waals surface area (Å²) >= 11 is 0. The molecule has 0 aliphatic rings. The predicted molar refractivity (Wildman–Crippen MR) is 69.8 cm³/mol. The molecule has 0 bridgehead atoms. The summed E-state index contributed by atoms with van der Waals surface area (Å²) in [5, 5.41) is 0.239. The van der Waals surface area contributed by atoms with Gasteiger partial charge in [-0.05, 0) is 19.1 Å². The van der Waals surface area contributed by atoms with E-state index in [1.54, 1.807) is 6.92 Å². The summed E-state index contributed by atoms with van der Waals surface area (Å²) in [6.07, 6.45) is 0. The molecule has 0 fully saturated rings. The van der Waals surface area contributed by atoms with E-state index in [-0.39, 0.29) is 27.9 Å². The molecule has 6 heteroatoms. The van der Waals surface area contributed by atoms with Crippen molar-refractivity contribution in [3.8, 4) is 11.5 Å². The van der Waals surface area contributed by atoms with E-state index in [1.165, 1.54) is 32.0 Å². The van der Waals surface area contributed by atoms with Gasteiger partial charge in [-0.2, -0.15) is 0 Å². The Morgan fingerprint density at radius 1 is 1.10 bits per heavy atom. The number of hydrogen-bond donors (Lipinski definition) is 0. The molecule has 0 N–H and O–H groups in total. The van der Waals surface area contributed by atoms with E-state index >= 15 is 0 Å². The minimum atomic E-state index is -0.616. The molecular weight excluding hydrogens is 264 g/mol. The van der Waals surface area contributed by atoms with Gasteiger partial charge in [0.2, 0.25) is 5.75 Å². The number of benzene rings is 1. The Labute approximate surface area is 113 Å². The molecule has 0 saturated carbocycles. The second-order valence-corrected chi connectivity index (χ2v) is 4.18. The second kappa shape index (κ2) is 5.16. The molecule has 0 atom stereocenters. The molecule has 0 amide bonds. The molecule has 0 radical (unpaired) electrons. The number of ether oxygens (including phenoxy) is 2. The van der Waals surface area contributed by atoms with Gasteiger partial charge >= 0.3 is 11.9 Å². The summed E-state index contributed by atoms with van der Waals surface area (Å²) in [7, 11) is 0. The fraction of sp³-hybridized carbons (Fsp3) is 0.214. The fourth-order valence-corrected chi connectivity index (χ4v) is 1.77. The molecule has 0 spiro atoms. The van der Waals surface area contributed by atoms with Crippen molar-refractivity contribution in [3.05, 3.63) is 34.2 Å². The molecular formula is C14H12O6. The average molecular weight is 276 g/mol. The summed E-state index contributed by atoms with van der Waals surface area (Å²) < 4.78 is 15.4. The van der Waals surface area contributed by atoms with E-state index in [9.17, 15) is 14.4 Å². The van der Waals surface area contributed by atoms with E-state index in [0.29, 0.717) is 5.76 Å². The number of carbonyl (C=O) groups is 2. The third-order valence-electron chi connectivity index (χ3n) is 2.44. The third-order valence-corrected chi connectivity index (χ3v) is 2.44. The predicted octanol–water partition coefficient (Wildman–Crippen LogP) is 1.95. The van der Waals surface area contributed by atoms with Crippen molar-refractivity contribution in [1.82, 2.24) is 0 Å². The van der Waals surface area contributed by atoms with Crippen molar-refractivity contribution in [2.75, 3.05) is 0 Å².